The van der Waals surface area contributed by atoms with Gasteiger partial charge in [0, 0.05) is 26.1 Å². The van der Waals surface area contributed by atoms with Gasteiger partial charge in [0.1, 0.15) is 0 Å². The lowest BCUT2D eigenvalue weighted by Gasteiger charge is -2.34. The van der Waals surface area contributed by atoms with Crippen LogP contribution in [0.1, 0.15) is 45.4 Å². The summed E-state index contributed by atoms with van der Waals surface area (Å²) in [5.41, 5.74) is 0. The number of carbonyl (C=O) groups excluding carboxylic acids is 2. The highest BCUT2D eigenvalue weighted by molar-refractivity contribution is 5.85. The van der Waals surface area contributed by atoms with Gasteiger partial charge < -0.3 is 9.80 Å². The smallest absolute Gasteiger partial charge is 0.242 e. The van der Waals surface area contributed by atoms with Crippen LogP contribution in [0.5, 0.6) is 0 Å². The number of hydrogen-bond acceptors (Lipinski definition) is 2. The number of piperidine rings is 2. The summed E-state index contributed by atoms with van der Waals surface area (Å²) in [6.45, 7) is 5.03. The Labute approximate surface area is 109 Å². The molecule has 2 aliphatic heterocycles. The van der Waals surface area contributed by atoms with Gasteiger partial charge >= 0.3 is 0 Å². The van der Waals surface area contributed by atoms with Crippen LogP contribution in [-0.4, -0.2) is 47.8 Å². The van der Waals surface area contributed by atoms with E-state index >= 15 is 0 Å². The maximum Gasteiger partial charge on any atom is 0.242 e. The molecule has 18 heavy (non-hydrogen) atoms. The third-order valence-corrected chi connectivity index (χ3v) is 4.29. The van der Waals surface area contributed by atoms with Gasteiger partial charge in [0.15, 0.2) is 0 Å². The largest absolute Gasteiger partial charge is 0.341 e. The van der Waals surface area contributed by atoms with Crippen LogP contribution in [0.3, 0.4) is 0 Å². The molecule has 0 bridgehead atoms. The van der Waals surface area contributed by atoms with Gasteiger partial charge in [0.2, 0.25) is 11.8 Å². The zero-order valence-electron chi connectivity index (χ0n) is 11.4. The summed E-state index contributed by atoms with van der Waals surface area (Å²) in [6, 6.07) is 0. The van der Waals surface area contributed by atoms with E-state index in [1.54, 1.807) is 4.90 Å². The maximum absolute atomic E-state index is 12.1. The van der Waals surface area contributed by atoms with Crippen LogP contribution in [-0.2, 0) is 9.59 Å². The molecule has 0 aromatic rings. The molecule has 0 aromatic carbocycles. The Hall–Kier alpha value is -1.06. The first-order valence-electron chi connectivity index (χ1n) is 7.26. The quantitative estimate of drug-likeness (QED) is 0.766. The molecule has 0 unspecified atom stereocenters. The summed E-state index contributed by atoms with van der Waals surface area (Å²) in [5, 5.41) is 0. The van der Waals surface area contributed by atoms with Gasteiger partial charge in [0.05, 0.1) is 6.54 Å². The van der Waals surface area contributed by atoms with Crippen molar-refractivity contribution in [1.82, 2.24) is 9.80 Å². The van der Waals surface area contributed by atoms with Crippen LogP contribution in [0.2, 0.25) is 0 Å². The van der Waals surface area contributed by atoms with Crippen molar-refractivity contribution in [3.05, 3.63) is 0 Å². The van der Waals surface area contributed by atoms with Crippen LogP contribution in [0, 0.1) is 5.92 Å². The second kappa shape index (κ2) is 6.21. The molecule has 0 spiro atoms. The third-order valence-electron chi connectivity index (χ3n) is 4.29. The van der Waals surface area contributed by atoms with Crippen molar-refractivity contribution >= 4 is 11.8 Å². The number of likely N-dealkylation sites (tertiary alicyclic amines) is 2. The van der Waals surface area contributed by atoms with E-state index in [0.29, 0.717) is 13.0 Å². The summed E-state index contributed by atoms with van der Waals surface area (Å²) >= 11 is 0. The van der Waals surface area contributed by atoms with E-state index in [-0.39, 0.29) is 11.8 Å². The topological polar surface area (TPSA) is 40.6 Å². The third kappa shape index (κ3) is 3.24. The minimum absolute atomic E-state index is 0.139. The Kier molecular flexibility index (Phi) is 4.61. The van der Waals surface area contributed by atoms with Gasteiger partial charge in [-0.3, -0.25) is 9.59 Å². The molecule has 0 aliphatic carbocycles. The van der Waals surface area contributed by atoms with Crippen LogP contribution in [0.25, 0.3) is 0 Å². The summed E-state index contributed by atoms with van der Waals surface area (Å²) in [7, 11) is 0. The highest BCUT2D eigenvalue weighted by Crippen LogP contribution is 2.20. The van der Waals surface area contributed by atoms with Gasteiger partial charge in [-0.2, -0.15) is 0 Å². The normalized spacial score (nSPS) is 22.4. The second-order valence-electron chi connectivity index (χ2n) is 5.50. The fourth-order valence-electron chi connectivity index (χ4n) is 2.88. The molecule has 102 valence electrons. The molecule has 2 heterocycles. The fraction of sp³-hybridized carbons (Fsp3) is 0.857. The van der Waals surface area contributed by atoms with E-state index in [1.165, 1.54) is 6.42 Å². The van der Waals surface area contributed by atoms with Crippen molar-refractivity contribution in [2.75, 3.05) is 26.2 Å². The number of carbonyl (C=O) groups is 2. The summed E-state index contributed by atoms with van der Waals surface area (Å²) in [6.07, 6.45) is 6.09. The van der Waals surface area contributed by atoms with Gasteiger partial charge in [-0.05, 0) is 31.6 Å². The summed E-state index contributed by atoms with van der Waals surface area (Å²) in [5.74, 6) is 1.07. The Morgan fingerprint density at radius 2 is 1.94 bits per heavy atom. The van der Waals surface area contributed by atoms with E-state index in [2.05, 4.69) is 6.92 Å². The molecule has 4 nitrogen and oxygen atoms in total. The number of amides is 2. The average Bonchev–Trinajstić information content (AvgIpc) is 2.41. The molecule has 2 amide bonds. The molecule has 4 heteroatoms. The maximum atomic E-state index is 12.1. The van der Waals surface area contributed by atoms with Crippen LogP contribution in [0.15, 0.2) is 0 Å². The van der Waals surface area contributed by atoms with Gasteiger partial charge in [-0.15, -0.1) is 0 Å². The SMILES string of the molecule is CCC1CCN(C(=O)CN2CCCCC2=O)CC1. The van der Waals surface area contributed by atoms with Gasteiger partial charge in [-0.25, -0.2) is 0 Å². The zero-order chi connectivity index (χ0) is 13.0. The first kappa shape index (κ1) is 13.4. The molecule has 2 rings (SSSR count). The zero-order valence-corrected chi connectivity index (χ0v) is 11.4. The lowest BCUT2D eigenvalue weighted by molar-refractivity contribution is -0.142. The van der Waals surface area contributed by atoms with Gasteiger partial charge in [0.25, 0.3) is 0 Å². The molecule has 2 fully saturated rings. The molecule has 2 saturated heterocycles. The molecule has 2 aliphatic rings. The Morgan fingerprint density at radius 3 is 2.56 bits per heavy atom. The summed E-state index contributed by atoms with van der Waals surface area (Å²) in [4.78, 5) is 27.5. The van der Waals surface area contributed by atoms with E-state index in [9.17, 15) is 9.59 Å². The van der Waals surface area contributed by atoms with Crippen molar-refractivity contribution in [2.45, 2.75) is 45.4 Å². The fourth-order valence-corrected chi connectivity index (χ4v) is 2.88. The highest BCUT2D eigenvalue weighted by atomic mass is 16.2. The first-order chi connectivity index (χ1) is 8.70. The Bertz CT molecular complexity index is 309. The standard InChI is InChI=1S/C14H24N2O2/c1-2-12-6-9-15(10-7-12)14(18)11-16-8-4-3-5-13(16)17/h12H,2-11H2,1H3. The van der Waals surface area contributed by atoms with Crippen molar-refractivity contribution < 1.29 is 9.59 Å². The van der Waals surface area contributed by atoms with E-state index in [4.69, 9.17) is 0 Å². The number of nitrogens with zero attached hydrogens (tertiary/aromatic N) is 2. The minimum Gasteiger partial charge on any atom is -0.341 e. The monoisotopic (exact) mass is 252 g/mol. The second-order valence-corrected chi connectivity index (χ2v) is 5.50. The van der Waals surface area contributed by atoms with Crippen molar-refractivity contribution in [3.8, 4) is 0 Å². The Balaban J connectivity index is 1.79. The minimum atomic E-state index is 0.139. The molecular formula is C14H24N2O2. The summed E-state index contributed by atoms with van der Waals surface area (Å²) < 4.78 is 0. The molecule has 0 N–H and O–H groups in total. The van der Waals surface area contributed by atoms with E-state index in [1.807, 2.05) is 4.90 Å². The van der Waals surface area contributed by atoms with Crippen LogP contribution >= 0.6 is 0 Å². The van der Waals surface area contributed by atoms with E-state index < -0.39 is 0 Å². The first-order valence-corrected chi connectivity index (χ1v) is 7.26. The Morgan fingerprint density at radius 1 is 1.22 bits per heavy atom. The highest BCUT2D eigenvalue weighted by Gasteiger charge is 2.25. The van der Waals surface area contributed by atoms with Gasteiger partial charge in [-0.1, -0.05) is 13.3 Å². The molecule has 0 aromatic heterocycles. The predicted octanol–water partition coefficient (Wildman–Crippen LogP) is 1.65. The van der Waals surface area contributed by atoms with Crippen molar-refractivity contribution in [1.29, 1.82) is 0 Å². The van der Waals surface area contributed by atoms with E-state index in [0.717, 1.165) is 51.2 Å². The van der Waals surface area contributed by atoms with Crippen LogP contribution < -0.4 is 0 Å². The lowest BCUT2D eigenvalue weighted by Crippen LogP contribution is -2.47. The predicted molar refractivity (Wildman–Crippen MR) is 70.0 cm³/mol. The number of rotatable bonds is 3. The molecule has 0 radical (unpaired) electrons. The number of hydrogen-bond donors (Lipinski definition) is 0. The average molecular weight is 252 g/mol. The van der Waals surface area contributed by atoms with Crippen molar-refractivity contribution in [2.24, 2.45) is 5.92 Å². The molecule has 0 saturated carbocycles. The lowest BCUT2D eigenvalue weighted by atomic mass is 9.94. The molecular weight excluding hydrogens is 228 g/mol. The van der Waals surface area contributed by atoms with Crippen LogP contribution in [0.4, 0.5) is 0 Å². The molecule has 0 atom stereocenters. The van der Waals surface area contributed by atoms with Crippen molar-refractivity contribution in [3.63, 3.8) is 0 Å².